The van der Waals surface area contributed by atoms with Crippen LogP contribution in [0.1, 0.15) is 12.8 Å². The van der Waals surface area contributed by atoms with E-state index in [-0.39, 0.29) is 24.1 Å². The predicted molar refractivity (Wildman–Crippen MR) is 80.7 cm³/mol. The highest BCUT2D eigenvalue weighted by atomic mass is 35.5. The number of hydrogen-bond acceptors (Lipinski definition) is 5. The SMILES string of the molecule is CNC1CCN(S(=O)(=O)c2ccc3c(c2)OCO3)CC1.Cl. The van der Waals surface area contributed by atoms with Gasteiger partial charge in [0.15, 0.2) is 11.5 Å². The lowest BCUT2D eigenvalue weighted by atomic mass is 10.1. The van der Waals surface area contributed by atoms with Crippen molar-refractivity contribution in [3.05, 3.63) is 18.2 Å². The van der Waals surface area contributed by atoms with Crippen LogP contribution in [0.5, 0.6) is 11.5 Å². The van der Waals surface area contributed by atoms with Crippen LogP contribution in [0, 0.1) is 0 Å². The summed E-state index contributed by atoms with van der Waals surface area (Å²) in [6, 6.07) is 5.17. The zero-order valence-corrected chi connectivity index (χ0v) is 13.4. The number of sulfonamides is 1. The van der Waals surface area contributed by atoms with Gasteiger partial charge in [-0.2, -0.15) is 4.31 Å². The molecule has 0 bridgehead atoms. The summed E-state index contributed by atoms with van der Waals surface area (Å²) in [5.74, 6) is 1.09. The first-order valence-electron chi connectivity index (χ1n) is 6.68. The van der Waals surface area contributed by atoms with Crippen LogP contribution in [0.15, 0.2) is 23.1 Å². The minimum atomic E-state index is -3.45. The molecule has 6 nitrogen and oxygen atoms in total. The number of benzene rings is 1. The number of nitrogens with zero attached hydrogens (tertiary/aromatic N) is 1. The van der Waals surface area contributed by atoms with E-state index in [1.54, 1.807) is 22.5 Å². The predicted octanol–water partition coefficient (Wildman–Crippen LogP) is 1.21. The molecule has 2 aliphatic heterocycles. The van der Waals surface area contributed by atoms with Gasteiger partial charge in [-0.3, -0.25) is 0 Å². The number of piperidine rings is 1. The Morgan fingerprint density at radius 2 is 1.86 bits per heavy atom. The van der Waals surface area contributed by atoms with Gasteiger partial charge in [0.05, 0.1) is 4.90 Å². The minimum absolute atomic E-state index is 0. The van der Waals surface area contributed by atoms with Crippen molar-refractivity contribution in [1.82, 2.24) is 9.62 Å². The summed E-state index contributed by atoms with van der Waals surface area (Å²) in [4.78, 5) is 0.268. The number of rotatable bonds is 3. The molecule has 0 atom stereocenters. The highest BCUT2D eigenvalue weighted by Crippen LogP contribution is 2.35. The third-order valence-electron chi connectivity index (χ3n) is 3.84. The van der Waals surface area contributed by atoms with E-state index in [0.717, 1.165) is 12.8 Å². The first kappa shape index (κ1) is 16.4. The molecule has 0 radical (unpaired) electrons. The van der Waals surface area contributed by atoms with Crippen molar-refractivity contribution in [2.75, 3.05) is 26.9 Å². The number of fused-ring (bicyclic) bond motifs is 1. The van der Waals surface area contributed by atoms with E-state index in [1.165, 1.54) is 0 Å². The molecule has 3 rings (SSSR count). The Bertz CT molecular complexity index is 600. The summed E-state index contributed by atoms with van der Waals surface area (Å²) < 4.78 is 37.2. The minimum Gasteiger partial charge on any atom is -0.454 e. The van der Waals surface area contributed by atoms with Crippen LogP contribution in [0.25, 0.3) is 0 Å². The molecule has 1 N–H and O–H groups in total. The van der Waals surface area contributed by atoms with Gasteiger partial charge in [0, 0.05) is 25.2 Å². The van der Waals surface area contributed by atoms with Crippen molar-refractivity contribution in [2.45, 2.75) is 23.8 Å². The summed E-state index contributed by atoms with van der Waals surface area (Å²) in [6.45, 7) is 1.23. The molecule has 0 saturated carbocycles. The van der Waals surface area contributed by atoms with Crippen molar-refractivity contribution < 1.29 is 17.9 Å². The van der Waals surface area contributed by atoms with Crippen molar-refractivity contribution in [1.29, 1.82) is 0 Å². The number of halogens is 1. The normalized spacial score (nSPS) is 19.3. The lowest BCUT2D eigenvalue weighted by molar-refractivity contribution is 0.174. The summed E-state index contributed by atoms with van der Waals surface area (Å²) in [5, 5.41) is 3.19. The van der Waals surface area contributed by atoms with E-state index in [9.17, 15) is 8.42 Å². The zero-order chi connectivity index (χ0) is 14.2. The Labute approximate surface area is 130 Å². The average Bonchev–Trinajstić information content (AvgIpc) is 2.94. The summed E-state index contributed by atoms with van der Waals surface area (Å²) in [5.41, 5.74) is 0. The number of nitrogens with one attached hydrogen (secondary N) is 1. The van der Waals surface area contributed by atoms with Crippen molar-refractivity contribution >= 4 is 22.4 Å². The number of ether oxygens (including phenoxy) is 2. The quantitative estimate of drug-likeness (QED) is 0.900. The lowest BCUT2D eigenvalue weighted by Gasteiger charge is -2.30. The monoisotopic (exact) mass is 334 g/mol. The van der Waals surface area contributed by atoms with Gasteiger partial charge in [-0.1, -0.05) is 0 Å². The van der Waals surface area contributed by atoms with Crippen LogP contribution in [-0.4, -0.2) is 45.7 Å². The second kappa shape index (κ2) is 6.39. The lowest BCUT2D eigenvalue weighted by Crippen LogP contribution is -2.43. The van der Waals surface area contributed by atoms with E-state index in [2.05, 4.69) is 5.32 Å². The molecule has 2 aliphatic rings. The Morgan fingerprint density at radius 3 is 2.52 bits per heavy atom. The molecule has 2 heterocycles. The molecule has 0 aliphatic carbocycles. The van der Waals surface area contributed by atoms with Gasteiger partial charge in [-0.05, 0) is 32.0 Å². The van der Waals surface area contributed by atoms with E-state index < -0.39 is 10.0 Å². The highest BCUT2D eigenvalue weighted by molar-refractivity contribution is 7.89. The van der Waals surface area contributed by atoms with Crippen LogP contribution in [0.2, 0.25) is 0 Å². The maximum atomic E-state index is 12.6. The maximum absolute atomic E-state index is 12.6. The van der Waals surface area contributed by atoms with Crippen molar-refractivity contribution in [2.24, 2.45) is 0 Å². The van der Waals surface area contributed by atoms with E-state index >= 15 is 0 Å². The average molecular weight is 335 g/mol. The number of hydrogen-bond donors (Lipinski definition) is 1. The molecule has 1 aromatic carbocycles. The van der Waals surface area contributed by atoms with Crippen LogP contribution >= 0.6 is 12.4 Å². The fraction of sp³-hybridized carbons (Fsp3) is 0.538. The third-order valence-corrected chi connectivity index (χ3v) is 5.74. The largest absolute Gasteiger partial charge is 0.454 e. The van der Waals surface area contributed by atoms with Gasteiger partial charge in [-0.15, -0.1) is 12.4 Å². The smallest absolute Gasteiger partial charge is 0.243 e. The molecule has 118 valence electrons. The van der Waals surface area contributed by atoms with Crippen LogP contribution < -0.4 is 14.8 Å². The first-order valence-corrected chi connectivity index (χ1v) is 8.12. The molecule has 0 amide bonds. The van der Waals surface area contributed by atoms with Gasteiger partial charge >= 0.3 is 0 Å². The molecule has 21 heavy (non-hydrogen) atoms. The Kier molecular flexibility index (Phi) is 4.98. The Balaban J connectivity index is 0.00000161. The van der Waals surface area contributed by atoms with E-state index in [4.69, 9.17) is 9.47 Å². The van der Waals surface area contributed by atoms with Crippen LogP contribution in [0.3, 0.4) is 0 Å². The fourth-order valence-corrected chi connectivity index (χ4v) is 4.06. The fourth-order valence-electron chi connectivity index (χ4n) is 2.57. The standard InChI is InChI=1S/C13H18N2O4S.ClH/c1-14-10-4-6-15(7-5-10)20(16,17)11-2-3-12-13(8-11)19-9-18-12;/h2-3,8,10,14H,4-7,9H2,1H3;1H. The van der Waals surface area contributed by atoms with Crippen LogP contribution in [-0.2, 0) is 10.0 Å². The Morgan fingerprint density at radius 1 is 1.19 bits per heavy atom. The molecular formula is C13H19ClN2O4S. The van der Waals surface area contributed by atoms with Crippen LogP contribution in [0.4, 0.5) is 0 Å². The van der Waals surface area contributed by atoms with Crippen molar-refractivity contribution in [3.8, 4) is 11.5 Å². The molecule has 1 fully saturated rings. The summed E-state index contributed by atoms with van der Waals surface area (Å²) >= 11 is 0. The second-order valence-corrected chi connectivity index (χ2v) is 6.92. The van der Waals surface area contributed by atoms with Gasteiger partial charge in [0.2, 0.25) is 16.8 Å². The first-order chi connectivity index (χ1) is 9.61. The molecule has 1 saturated heterocycles. The second-order valence-electron chi connectivity index (χ2n) is 4.98. The van der Waals surface area contributed by atoms with Gasteiger partial charge < -0.3 is 14.8 Å². The summed E-state index contributed by atoms with van der Waals surface area (Å²) in [7, 11) is -1.54. The molecule has 1 aromatic rings. The maximum Gasteiger partial charge on any atom is 0.243 e. The zero-order valence-electron chi connectivity index (χ0n) is 11.7. The van der Waals surface area contributed by atoms with Gasteiger partial charge in [0.25, 0.3) is 0 Å². The molecule has 0 aromatic heterocycles. The molecule has 0 unspecified atom stereocenters. The topological polar surface area (TPSA) is 67.9 Å². The highest BCUT2D eigenvalue weighted by Gasteiger charge is 2.30. The third kappa shape index (κ3) is 3.11. The van der Waals surface area contributed by atoms with E-state index in [0.29, 0.717) is 30.6 Å². The molecular weight excluding hydrogens is 316 g/mol. The van der Waals surface area contributed by atoms with E-state index in [1.807, 2.05) is 7.05 Å². The van der Waals surface area contributed by atoms with Gasteiger partial charge in [-0.25, -0.2) is 8.42 Å². The molecule has 8 heteroatoms. The van der Waals surface area contributed by atoms with Crippen molar-refractivity contribution in [3.63, 3.8) is 0 Å². The molecule has 0 spiro atoms. The van der Waals surface area contributed by atoms with Gasteiger partial charge in [0.1, 0.15) is 0 Å². The summed E-state index contributed by atoms with van der Waals surface area (Å²) in [6.07, 6.45) is 1.67. The Hall–Kier alpha value is -1.02.